The maximum Gasteiger partial charge on any atom is 0.154 e. The molecule has 1 aliphatic carbocycles. The second kappa shape index (κ2) is 6.67. The van der Waals surface area contributed by atoms with E-state index >= 15 is 0 Å². The standard InChI is InChI=1S/C22H22N4O/c27-19-9-7-18(8-10-19)24-21-11-12-22-23-14-20(26(22)25-21)17-6-5-15-3-1-2-4-16(15)13-17/h1-6,11-14,18-19,27H,7-10H2,(H,24,25)/t18-,19-. The fourth-order valence-electron chi connectivity index (χ4n) is 3.93. The van der Waals surface area contributed by atoms with Crippen LogP contribution in [0.5, 0.6) is 0 Å². The number of nitrogens with zero attached hydrogens (tertiary/aromatic N) is 3. The molecule has 136 valence electrons. The molecule has 0 saturated heterocycles. The lowest BCUT2D eigenvalue weighted by Gasteiger charge is -2.26. The molecule has 0 aliphatic heterocycles. The Morgan fingerprint density at radius 3 is 2.59 bits per heavy atom. The van der Waals surface area contributed by atoms with Gasteiger partial charge in [0.25, 0.3) is 0 Å². The number of fused-ring (bicyclic) bond motifs is 2. The monoisotopic (exact) mass is 358 g/mol. The molecule has 1 aliphatic rings. The first kappa shape index (κ1) is 16.3. The summed E-state index contributed by atoms with van der Waals surface area (Å²) >= 11 is 0. The van der Waals surface area contributed by atoms with Gasteiger partial charge in [0.2, 0.25) is 0 Å². The van der Waals surface area contributed by atoms with Gasteiger partial charge in [-0.15, -0.1) is 5.10 Å². The summed E-state index contributed by atoms with van der Waals surface area (Å²) in [5, 5.41) is 20.4. The highest BCUT2D eigenvalue weighted by molar-refractivity contribution is 5.87. The summed E-state index contributed by atoms with van der Waals surface area (Å²) in [6.45, 7) is 0. The predicted molar refractivity (Wildman–Crippen MR) is 108 cm³/mol. The molecule has 0 bridgehead atoms. The Hall–Kier alpha value is -2.92. The number of aromatic nitrogens is 3. The molecule has 2 heterocycles. The van der Waals surface area contributed by atoms with Crippen LogP contribution in [0.25, 0.3) is 27.7 Å². The summed E-state index contributed by atoms with van der Waals surface area (Å²) in [6, 6.07) is 19.1. The normalized spacial score (nSPS) is 20.2. The Labute approximate surface area is 157 Å². The molecule has 27 heavy (non-hydrogen) atoms. The van der Waals surface area contributed by atoms with E-state index in [1.807, 2.05) is 22.8 Å². The van der Waals surface area contributed by atoms with Crippen LogP contribution in [0.1, 0.15) is 25.7 Å². The van der Waals surface area contributed by atoms with Crippen LogP contribution < -0.4 is 5.32 Å². The number of rotatable bonds is 3. The van der Waals surface area contributed by atoms with Crippen LogP contribution in [0.3, 0.4) is 0 Å². The number of aliphatic hydroxyl groups is 1. The van der Waals surface area contributed by atoms with Gasteiger partial charge >= 0.3 is 0 Å². The highest BCUT2D eigenvalue weighted by atomic mass is 16.3. The van der Waals surface area contributed by atoms with E-state index < -0.39 is 0 Å². The molecule has 5 heteroatoms. The predicted octanol–water partition coefficient (Wildman–Crippen LogP) is 4.26. The molecule has 0 unspecified atom stereocenters. The minimum atomic E-state index is -0.147. The number of aliphatic hydroxyl groups excluding tert-OH is 1. The zero-order chi connectivity index (χ0) is 18.2. The molecule has 1 saturated carbocycles. The smallest absolute Gasteiger partial charge is 0.154 e. The summed E-state index contributed by atoms with van der Waals surface area (Å²) in [7, 11) is 0. The second-order valence-electron chi connectivity index (χ2n) is 7.34. The van der Waals surface area contributed by atoms with Crippen LogP contribution in [-0.2, 0) is 0 Å². The van der Waals surface area contributed by atoms with E-state index in [0.717, 1.165) is 48.4 Å². The summed E-state index contributed by atoms with van der Waals surface area (Å²) < 4.78 is 1.91. The maximum atomic E-state index is 9.69. The lowest BCUT2D eigenvalue weighted by atomic mass is 9.93. The third kappa shape index (κ3) is 3.15. The molecule has 2 aromatic carbocycles. The van der Waals surface area contributed by atoms with Gasteiger partial charge in [0.15, 0.2) is 5.65 Å². The van der Waals surface area contributed by atoms with E-state index in [-0.39, 0.29) is 6.10 Å². The van der Waals surface area contributed by atoms with Crippen molar-refractivity contribution in [3.8, 4) is 11.3 Å². The first-order valence-corrected chi connectivity index (χ1v) is 9.55. The number of anilines is 1. The van der Waals surface area contributed by atoms with Crippen LogP contribution in [-0.4, -0.2) is 31.9 Å². The fourth-order valence-corrected chi connectivity index (χ4v) is 3.93. The molecule has 0 spiro atoms. The molecular formula is C22H22N4O. The molecule has 2 N–H and O–H groups in total. The highest BCUT2D eigenvalue weighted by Crippen LogP contribution is 2.26. The Bertz CT molecular complexity index is 1100. The molecule has 2 aromatic heterocycles. The van der Waals surface area contributed by atoms with Crippen LogP contribution >= 0.6 is 0 Å². The average Bonchev–Trinajstić information content (AvgIpc) is 3.13. The van der Waals surface area contributed by atoms with Crippen LogP contribution in [0.2, 0.25) is 0 Å². The summed E-state index contributed by atoms with van der Waals surface area (Å²) in [5.74, 6) is 0.851. The topological polar surface area (TPSA) is 62.5 Å². The van der Waals surface area contributed by atoms with Gasteiger partial charge in [-0.3, -0.25) is 0 Å². The first-order valence-electron chi connectivity index (χ1n) is 9.55. The number of imidazole rings is 1. The van der Waals surface area contributed by atoms with Crippen molar-refractivity contribution in [3.05, 3.63) is 60.8 Å². The molecule has 1 fully saturated rings. The number of hydrogen-bond donors (Lipinski definition) is 2. The molecule has 0 radical (unpaired) electrons. The van der Waals surface area contributed by atoms with Crippen molar-refractivity contribution in [2.75, 3.05) is 5.32 Å². The maximum absolute atomic E-state index is 9.69. The van der Waals surface area contributed by atoms with Crippen molar-refractivity contribution >= 4 is 22.2 Å². The molecule has 5 nitrogen and oxygen atoms in total. The lowest BCUT2D eigenvalue weighted by molar-refractivity contribution is 0.126. The Morgan fingerprint density at radius 2 is 1.74 bits per heavy atom. The lowest BCUT2D eigenvalue weighted by Crippen LogP contribution is -2.28. The molecule has 0 amide bonds. The van der Waals surface area contributed by atoms with Gasteiger partial charge < -0.3 is 10.4 Å². The van der Waals surface area contributed by atoms with Gasteiger partial charge in [-0.2, -0.15) is 0 Å². The van der Waals surface area contributed by atoms with E-state index in [2.05, 4.69) is 52.8 Å². The number of benzene rings is 2. The second-order valence-corrected chi connectivity index (χ2v) is 7.34. The van der Waals surface area contributed by atoms with E-state index in [1.165, 1.54) is 10.8 Å². The van der Waals surface area contributed by atoms with E-state index in [1.54, 1.807) is 0 Å². The Kier molecular flexibility index (Phi) is 4.02. The highest BCUT2D eigenvalue weighted by Gasteiger charge is 2.19. The quantitative estimate of drug-likeness (QED) is 0.574. The van der Waals surface area contributed by atoms with Crippen molar-refractivity contribution in [2.24, 2.45) is 0 Å². The van der Waals surface area contributed by atoms with Gasteiger partial charge in [-0.25, -0.2) is 9.50 Å². The van der Waals surface area contributed by atoms with Crippen molar-refractivity contribution in [3.63, 3.8) is 0 Å². The van der Waals surface area contributed by atoms with Gasteiger partial charge in [-0.05, 0) is 54.7 Å². The Morgan fingerprint density at radius 1 is 0.926 bits per heavy atom. The minimum Gasteiger partial charge on any atom is -0.393 e. The van der Waals surface area contributed by atoms with E-state index in [9.17, 15) is 5.11 Å². The number of nitrogens with one attached hydrogen (secondary N) is 1. The summed E-state index contributed by atoms with van der Waals surface area (Å²) in [4.78, 5) is 4.51. The van der Waals surface area contributed by atoms with Crippen LogP contribution in [0, 0.1) is 0 Å². The van der Waals surface area contributed by atoms with E-state index in [4.69, 9.17) is 5.10 Å². The zero-order valence-electron chi connectivity index (χ0n) is 15.0. The number of hydrogen-bond acceptors (Lipinski definition) is 4. The third-order valence-electron chi connectivity index (χ3n) is 5.46. The van der Waals surface area contributed by atoms with Crippen molar-refractivity contribution in [1.29, 1.82) is 0 Å². The molecular weight excluding hydrogens is 336 g/mol. The Balaban J connectivity index is 1.49. The molecule has 4 aromatic rings. The van der Waals surface area contributed by atoms with Crippen molar-refractivity contribution in [2.45, 2.75) is 37.8 Å². The summed E-state index contributed by atoms with van der Waals surface area (Å²) in [6.07, 6.45) is 5.39. The van der Waals surface area contributed by atoms with Crippen LogP contribution in [0.4, 0.5) is 5.82 Å². The zero-order valence-corrected chi connectivity index (χ0v) is 15.0. The SMILES string of the molecule is O[C@H]1CC[C@H](Nc2ccc3ncc(-c4ccc5ccccc5c4)n3n2)CC1. The van der Waals surface area contributed by atoms with Crippen molar-refractivity contribution in [1.82, 2.24) is 14.6 Å². The first-order chi connectivity index (χ1) is 13.3. The third-order valence-corrected chi connectivity index (χ3v) is 5.46. The fraction of sp³-hybridized carbons (Fsp3) is 0.273. The largest absolute Gasteiger partial charge is 0.393 e. The molecule has 5 rings (SSSR count). The average molecular weight is 358 g/mol. The minimum absolute atomic E-state index is 0.147. The van der Waals surface area contributed by atoms with Gasteiger partial charge in [0, 0.05) is 11.6 Å². The van der Waals surface area contributed by atoms with E-state index in [0.29, 0.717) is 6.04 Å². The molecule has 0 atom stereocenters. The van der Waals surface area contributed by atoms with Gasteiger partial charge in [0.05, 0.1) is 18.0 Å². The van der Waals surface area contributed by atoms with Crippen molar-refractivity contribution < 1.29 is 5.11 Å². The van der Waals surface area contributed by atoms with Crippen LogP contribution in [0.15, 0.2) is 60.8 Å². The van der Waals surface area contributed by atoms with Gasteiger partial charge in [-0.1, -0.05) is 36.4 Å². The van der Waals surface area contributed by atoms with Gasteiger partial charge in [0.1, 0.15) is 5.82 Å². The summed E-state index contributed by atoms with van der Waals surface area (Å²) in [5.41, 5.74) is 2.92.